The Morgan fingerprint density at radius 2 is 1.65 bits per heavy atom. The fourth-order valence-corrected chi connectivity index (χ4v) is 5.50. The highest BCUT2D eigenvalue weighted by molar-refractivity contribution is 6.06. The highest BCUT2D eigenvalue weighted by Crippen LogP contribution is 2.41. The lowest BCUT2D eigenvalue weighted by molar-refractivity contribution is 0.0646. The number of fused-ring (bicyclic) bond motifs is 1. The molecule has 0 bridgehead atoms. The number of hydrogen-bond acceptors (Lipinski definition) is 3. The average Bonchev–Trinajstić information content (AvgIpc) is 2.92. The Kier molecular flexibility index (Phi) is 6.39. The van der Waals surface area contributed by atoms with E-state index < -0.39 is 0 Å². The van der Waals surface area contributed by atoms with E-state index >= 15 is 0 Å². The number of benzene rings is 2. The van der Waals surface area contributed by atoms with Gasteiger partial charge < -0.3 is 4.90 Å². The number of pyridine rings is 2. The van der Waals surface area contributed by atoms with Crippen LogP contribution in [0.4, 0.5) is 0 Å². The Morgan fingerprint density at radius 3 is 2.41 bits per heavy atom. The predicted octanol–water partition coefficient (Wildman–Crippen LogP) is 6.73. The molecule has 0 N–H and O–H groups in total. The Balaban J connectivity index is 1.49. The molecule has 0 spiro atoms. The molecule has 1 fully saturated rings. The van der Waals surface area contributed by atoms with E-state index in [-0.39, 0.29) is 11.9 Å². The average molecular weight is 450 g/mol. The van der Waals surface area contributed by atoms with Crippen LogP contribution in [0.1, 0.15) is 54.4 Å². The topological polar surface area (TPSA) is 46.1 Å². The van der Waals surface area contributed by atoms with Gasteiger partial charge in [-0.3, -0.25) is 4.79 Å². The minimum atomic E-state index is 0.0301. The first-order valence-electron chi connectivity index (χ1n) is 12.3. The van der Waals surface area contributed by atoms with Gasteiger partial charge in [0.05, 0.1) is 11.3 Å². The molecule has 1 aliphatic rings. The molecule has 2 aromatic carbocycles. The Bertz CT molecular complexity index is 1270. The van der Waals surface area contributed by atoms with Crippen molar-refractivity contribution in [1.82, 2.24) is 14.9 Å². The molecule has 4 nitrogen and oxygen atoms in total. The maximum Gasteiger partial charge on any atom is 0.254 e. The molecule has 4 heteroatoms. The molecule has 1 amide bonds. The summed E-state index contributed by atoms with van der Waals surface area (Å²) in [6.45, 7) is 2.21. The van der Waals surface area contributed by atoms with Crippen LogP contribution in [-0.2, 0) is 0 Å². The number of amides is 1. The zero-order valence-electron chi connectivity index (χ0n) is 19.9. The van der Waals surface area contributed by atoms with Gasteiger partial charge in [-0.05, 0) is 55.4 Å². The largest absolute Gasteiger partial charge is 0.339 e. The minimum Gasteiger partial charge on any atom is -0.339 e. The van der Waals surface area contributed by atoms with Crippen LogP contribution in [0.2, 0.25) is 0 Å². The SMILES string of the molecule is CC(C1CCCCC1c1ccccc1)N(C)C(=O)c1cc(-c2ccccc2)nc2ncccc12. The van der Waals surface area contributed by atoms with E-state index in [4.69, 9.17) is 4.98 Å². The molecule has 0 saturated heterocycles. The van der Waals surface area contributed by atoms with E-state index in [0.29, 0.717) is 23.0 Å². The van der Waals surface area contributed by atoms with Gasteiger partial charge in [0.15, 0.2) is 5.65 Å². The molecule has 1 aliphatic carbocycles. The van der Waals surface area contributed by atoms with Gasteiger partial charge >= 0.3 is 0 Å². The van der Waals surface area contributed by atoms with Gasteiger partial charge in [-0.25, -0.2) is 9.97 Å². The molecule has 5 rings (SSSR count). The summed E-state index contributed by atoms with van der Waals surface area (Å²) in [6, 6.07) is 26.7. The van der Waals surface area contributed by atoms with Crippen LogP contribution in [0.15, 0.2) is 85.1 Å². The number of carbonyl (C=O) groups is 1. The van der Waals surface area contributed by atoms with E-state index in [1.54, 1.807) is 6.20 Å². The molecular weight excluding hydrogens is 418 g/mol. The molecule has 3 unspecified atom stereocenters. The third-order valence-corrected chi connectivity index (χ3v) is 7.48. The zero-order valence-corrected chi connectivity index (χ0v) is 19.9. The van der Waals surface area contributed by atoms with E-state index in [9.17, 15) is 4.79 Å². The maximum atomic E-state index is 13.9. The molecular formula is C30H31N3O. The summed E-state index contributed by atoms with van der Waals surface area (Å²) >= 11 is 0. The first-order chi connectivity index (χ1) is 16.6. The fraction of sp³-hybridized carbons (Fsp3) is 0.300. The molecule has 4 aromatic rings. The summed E-state index contributed by atoms with van der Waals surface area (Å²) in [4.78, 5) is 25.1. The highest BCUT2D eigenvalue weighted by atomic mass is 16.2. The van der Waals surface area contributed by atoms with Gasteiger partial charge in [-0.1, -0.05) is 73.5 Å². The van der Waals surface area contributed by atoms with Crippen LogP contribution in [-0.4, -0.2) is 33.9 Å². The summed E-state index contributed by atoms with van der Waals surface area (Å²) < 4.78 is 0. The standard InChI is InChI=1S/C30H31N3O/c1-21(24-16-9-10-17-25(24)22-12-5-3-6-13-22)33(2)30(34)27-20-28(23-14-7-4-8-15-23)32-29-26(27)18-11-19-31-29/h3-8,11-15,18-21,24-25H,9-10,16-17H2,1-2H3. The number of aromatic nitrogens is 2. The van der Waals surface area contributed by atoms with Crippen molar-refractivity contribution in [2.24, 2.45) is 5.92 Å². The van der Waals surface area contributed by atoms with Crippen molar-refractivity contribution in [2.45, 2.75) is 44.6 Å². The minimum absolute atomic E-state index is 0.0301. The quantitative estimate of drug-likeness (QED) is 0.339. The Labute approximate surface area is 201 Å². The van der Waals surface area contributed by atoms with Crippen molar-refractivity contribution in [1.29, 1.82) is 0 Å². The lowest BCUT2D eigenvalue weighted by atomic mass is 9.72. The van der Waals surface area contributed by atoms with Crippen molar-refractivity contribution in [3.63, 3.8) is 0 Å². The monoisotopic (exact) mass is 449 g/mol. The normalized spacial score (nSPS) is 19.0. The summed E-state index contributed by atoms with van der Waals surface area (Å²) in [6.07, 6.45) is 6.53. The molecule has 172 valence electrons. The smallest absolute Gasteiger partial charge is 0.254 e. The van der Waals surface area contributed by atoms with Crippen molar-refractivity contribution < 1.29 is 4.79 Å². The number of nitrogens with zero attached hydrogens (tertiary/aromatic N) is 3. The van der Waals surface area contributed by atoms with Gasteiger partial charge in [-0.15, -0.1) is 0 Å². The van der Waals surface area contributed by atoms with Crippen LogP contribution >= 0.6 is 0 Å². The van der Waals surface area contributed by atoms with Gasteiger partial charge in [0.25, 0.3) is 5.91 Å². The molecule has 2 heterocycles. The van der Waals surface area contributed by atoms with Gasteiger partial charge in [-0.2, -0.15) is 0 Å². The number of hydrogen-bond donors (Lipinski definition) is 0. The lowest BCUT2D eigenvalue weighted by Crippen LogP contribution is -2.43. The van der Waals surface area contributed by atoms with Crippen molar-refractivity contribution in [2.75, 3.05) is 7.05 Å². The Morgan fingerprint density at radius 1 is 0.941 bits per heavy atom. The summed E-state index contributed by atoms with van der Waals surface area (Å²) in [5.41, 5.74) is 4.42. The van der Waals surface area contributed by atoms with E-state index in [2.05, 4.69) is 42.2 Å². The van der Waals surface area contributed by atoms with E-state index in [1.807, 2.05) is 60.5 Å². The molecule has 0 aliphatic heterocycles. The number of carbonyl (C=O) groups excluding carboxylic acids is 1. The van der Waals surface area contributed by atoms with E-state index in [1.165, 1.54) is 24.8 Å². The van der Waals surface area contributed by atoms with Crippen molar-refractivity contribution >= 4 is 16.9 Å². The van der Waals surface area contributed by atoms with Gasteiger partial charge in [0.1, 0.15) is 0 Å². The molecule has 0 radical (unpaired) electrons. The molecule has 3 atom stereocenters. The van der Waals surface area contributed by atoms with E-state index in [0.717, 1.165) is 23.1 Å². The fourth-order valence-electron chi connectivity index (χ4n) is 5.50. The summed E-state index contributed by atoms with van der Waals surface area (Å²) in [5, 5.41) is 0.800. The maximum absolute atomic E-state index is 13.9. The molecule has 1 saturated carbocycles. The highest BCUT2D eigenvalue weighted by Gasteiger charge is 2.34. The third-order valence-electron chi connectivity index (χ3n) is 7.48. The molecule has 34 heavy (non-hydrogen) atoms. The van der Waals surface area contributed by atoms with Crippen LogP contribution < -0.4 is 0 Å². The second kappa shape index (κ2) is 9.76. The van der Waals surface area contributed by atoms with Crippen LogP contribution in [0.25, 0.3) is 22.3 Å². The number of rotatable bonds is 5. The first-order valence-corrected chi connectivity index (χ1v) is 12.3. The van der Waals surface area contributed by atoms with Crippen molar-refractivity contribution in [3.8, 4) is 11.3 Å². The summed E-state index contributed by atoms with van der Waals surface area (Å²) in [5.74, 6) is 0.948. The third kappa shape index (κ3) is 4.33. The summed E-state index contributed by atoms with van der Waals surface area (Å²) in [7, 11) is 1.95. The van der Waals surface area contributed by atoms with Crippen LogP contribution in [0, 0.1) is 5.92 Å². The zero-order chi connectivity index (χ0) is 23.5. The van der Waals surface area contributed by atoms with Gasteiger partial charge in [0.2, 0.25) is 0 Å². The molecule has 2 aromatic heterocycles. The Hall–Kier alpha value is -3.53. The van der Waals surface area contributed by atoms with Crippen molar-refractivity contribution in [3.05, 3.63) is 96.2 Å². The van der Waals surface area contributed by atoms with Crippen LogP contribution in [0.3, 0.4) is 0 Å². The predicted molar refractivity (Wildman–Crippen MR) is 138 cm³/mol. The second-order valence-electron chi connectivity index (χ2n) is 9.42. The lowest BCUT2D eigenvalue weighted by Gasteiger charge is -2.40. The second-order valence-corrected chi connectivity index (χ2v) is 9.42. The van der Waals surface area contributed by atoms with Crippen LogP contribution in [0.5, 0.6) is 0 Å². The van der Waals surface area contributed by atoms with Gasteiger partial charge in [0, 0.05) is 30.2 Å². The first kappa shape index (κ1) is 22.3.